The summed E-state index contributed by atoms with van der Waals surface area (Å²) in [6.07, 6.45) is 13.3. The van der Waals surface area contributed by atoms with Crippen LogP contribution < -0.4 is 0 Å². The molecule has 0 unspecified atom stereocenters. The third-order valence-corrected chi connectivity index (χ3v) is 11.5. The van der Waals surface area contributed by atoms with E-state index in [2.05, 4.69) is 47.6 Å². The van der Waals surface area contributed by atoms with E-state index < -0.39 is 0 Å². The molecule has 0 amide bonds. The fourth-order valence-corrected chi connectivity index (χ4v) is 9.49. The number of hydrogen-bond donors (Lipinski definition) is 1. The van der Waals surface area contributed by atoms with Gasteiger partial charge in [-0.15, -0.1) is 0 Å². The minimum absolute atomic E-state index is 0.00526. The number of aliphatic hydroxyl groups is 1. The molecule has 0 bridgehead atoms. The zero-order valence-corrected chi connectivity index (χ0v) is 22.1. The second-order valence-corrected chi connectivity index (χ2v) is 13.7. The second kappa shape index (κ2) is 7.82. The first-order valence-electron chi connectivity index (χ1n) is 13.3. The van der Waals surface area contributed by atoms with Gasteiger partial charge in [0.25, 0.3) is 0 Å². The van der Waals surface area contributed by atoms with Crippen molar-refractivity contribution in [2.75, 3.05) is 0 Å². The Bertz CT molecular complexity index is 830. The van der Waals surface area contributed by atoms with Gasteiger partial charge in [-0.2, -0.15) is 0 Å². The van der Waals surface area contributed by atoms with Crippen molar-refractivity contribution in [2.24, 2.45) is 45.3 Å². The van der Waals surface area contributed by atoms with E-state index in [4.69, 9.17) is 0 Å². The summed E-state index contributed by atoms with van der Waals surface area (Å²) < 4.78 is 0. The molecular formula is C30H48O2. The molecule has 0 radical (unpaired) electrons. The average Bonchev–Trinajstić information content (AvgIpc) is 2.96. The molecule has 4 aliphatic rings. The second-order valence-electron chi connectivity index (χ2n) is 13.7. The van der Waals surface area contributed by atoms with Gasteiger partial charge < -0.3 is 5.11 Å². The minimum Gasteiger partial charge on any atom is -0.393 e. The van der Waals surface area contributed by atoms with Crippen LogP contribution in [-0.2, 0) is 4.79 Å². The molecular weight excluding hydrogens is 392 g/mol. The van der Waals surface area contributed by atoms with Crippen molar-refractivity contribution in [3.05, 3.63) is 23.3 Å². The van der Waals surface area contributed by atoms with Crippen LogP contribution >= 0.6 is 0 Å². The van der Waals surface area contributed by atoms with Crippen molar-refractivity contribution in [1.82, 2.24) is 0 Å². The Kier molecular flexibility index (Phi) is 5.93. The van der Waals surface area contributed by atoms with Gasteiger partial charge in [-0.3, -0.25) is 4.79 Å². The number of carbonyl (C=O) groups is 1. The van der Waals surface area contributed by atoms with Gasteiger partial charge in [0.15, 0.2) is 5.78 Å². The van der Waals surface area contributed by atoms with E-state index in [-0.39, 0.29) is 22.3 Å². The maximum Gasteiger partial charge on any atom is 0.155 e. The Balaban J connectivity index is 1.64. The number of carbonyl (C=O) groups excluding carboxylic acids is 1. The summed E-state index contributed by atoms with van der Waals surface area (Å²) in [5, 5.41) is 10.8. The molecule has 0 aromatic heterocycles. The first kappa shape index (κ1) is 24.2. The molecule has 0 aromatic carbocycles. The van der Waals surface area contributed by atoms with Crippen LogP contribution in [-0.4, -0.2) is 17.0 Å². The molecule has 0 aliphatic heterocycles. The molecule has 0 heterocycles. The smallest absolute Gasteiger partial charge is 0.155 e. The van der Waals surface area contributed by atoms with E-state index in [1.807, 2.05) is 19.9 Å². The lowest BCUT2D eigenvalue weighted by Crippen LogP contribution is -2.58. The van der Waals surface area contributed by atoms with Crippen LogP contribution in [0.4, 0.5) is 0 Å². The highest BCUT2D eigenvalue weighted by atomic mass is 16.3. The molecule has 0 spiro atoms. The van der Waals surface area contributed by atoms with Crippen molar-refractivity contribution in [1.29, 1.82) is 0 Å². The molecule has 2 heteroatoms. The van der Waals surface area contributed by atoms with E-state index in [9.17, 15) is 9.90 Å². The summed E-state index contributed by atoms with van der Waals surface area (Å²) in [7, 11) is 0. The Morgan fingerprint density at radius 3 is 2.44 bits per heavy atom. The van der Waals surface area contributed by atoms with Crippen molar-refractivity contribution in [3.8, 4) is 0 Å². The largest absolute Gasteiger partial charge is 0.393 e. The van der Waals surface area contributed by atoms with Gasteiger partial charge in [-0.1, -0.05) is 58.8 Å². The summed E-state index contributed by atoms with van der Waals surface area (Å²) in [5.41, 5.74) is 3.70. The number of hydrogen-bond acceptors (Lipinski definition) is 2. The lowest BCUT2D eigenvalue weighted by atomic mass is 9.41. The molecule has 180 valence electrons. The van der Waals surface area contributed by atoms with Crippen molar-refractivity contribution < 1.29 is 9.90 Å². The van der Waals surface area contributed by atoms with Crippen molar-refractivity contribution in [3.63, 3.8) is 0 Å². The molecule has 4 aliphatic carbocycles. The van der Waals surface area contributed by atoms with E-state index >= 15 is 0 Å². The molecule has 4 rings (SSSR count). The number of fused-ring (bicyclic) bond motifs is 5. The summed E-state index contributed by atoms with van der Waals surface area (Å²) in [6.45, 7) is 18.7. The predicted octanol–water partition coefficient (Wildman–Crippen LogP) is 7.51. The highest BCUT2D eigenvalue weighted by molar-refractivity contribution is 5.90. The van der Waals surface area contributed by atoms with Crippen LogP contribution in [0, 0.1) is 45.3 Å². The number of aliphatic hydroxyl groups excluding tert-OH is 1. The minimum atomic E-state index is -0.171. The molecule has 0 aromatic rings. The van der Waals surface area contributed by atoms with Gasteiger partial charge in [0.05, 0.1) is 6.10 Å². The predicted molar refractivity (Wildman–Crippen MR) is 133 cm³/mol. The number of ketones is 1. The first-order valence-corrected chi connectivity index (χ1v) is 13.3. The van der Waals surface area contributed by atoms with E-state index in [1.165, 1.54) is 25.7 Å². The van der Waals surface area contributed by atoms with Crippen LogP contribution in [0.2, 0.25) is 0 Å². The summed E-state index contributed by atoms with van der Waals surface area (Å²) in [5.74, 6) is 2.60. The van der Waals surface area contributed by atoms with Crippen LogP contribution in [0.1, 0.15) is 107 Å². The summed E-state index contributed by atoms with van der Waals surface area (Å²) in [6, 6.07) is 0. The molecule has 3 fully saturated rings. The van der Waals surface area contributed by atoms with Crippen molar-refractivity contribution >= 4 is 5.78 Å². The van der Waals surface area contributed by atoms with Crippen LogP contribution in [0.15, 0.2) is 23.3 Å². The van der Waals surface area contributed by atoms with Gasteiger partial charge in [0.1, 0.15) is 0 Å². The number of rotatable bonds is 4. The highest BCUT2D eigenvalue weighted by Crippen LogP contribution is 2.73. The standard InChI is InChI=1S/C30H48O2/c1-19(2)17-21(31)18-20(3)22-11-15-30(8)24-9-10-25-27(4,5)26(32)13-14-28(25,6)23(24)12-16-29(22,30)7/h9,17,20,22-23,25-26,32H,10-16,18H2,1-8H3/t20-,22+,23+,25+,26+,28-,29+,30-/m1/s1. The summed E-state index contributed by atoms with van der Waals surface area (Å²) in [4.78, 5) is 12.6. The Labute approximate surface area is 197 Å². The topological polar surface area (TPSA) is 37.3 Å². The Hall–Kier alpha value is -0.890. The monoisotopic (exact) mass is 440 g/mol. The first-order chi connectivity index (χ1) is 14.8. The van der Waals surface area contributed by atoms with Gasteiger partial charge in [-0.05, 0) is 110 Å². The normalized spacial score (nSPS) is 45.7. The molecule has 2 nitrogen and oxygen atoms in total. The van der Waals surface area contributed by atoms with E-state index in [1.54, 1.807) is 5.57 Å². The van der Waals surface area contributed by atoms with Gasteiger partial charge in [-0.25, -0.2) is 0 Å². The molecule has 8 atom stereocenters. The van der Waals surface area contributed by atoms with Crippen LogP contribution in [0.5, 0.6) is 0 Å². The highest BCUT2D eigenvalue weighted by Gasteiger charge is 2.65. The molecule has 1 N–H and O–H groups in total. The Morgan fingerprint density at radius 1 is 1.09 bits per heavy atom. The van der Waals surface area contributed by atoms with E-state index in [0.29, 0.717) is 41.3 Å². The fraction of sp³-hybridized carbons (Fsp3) is 0.833. The number of allylic oxidation sites excluding steroid dienone is 4. The molecule has 3 saturated carbocycles. The zero-order chi connectivity index (χ0) is 23.7. The third kappa shape index (κ3) is 3.33. The Morgan fingerprint density at radius 2 is 1.78 bits per heavy atom. The van der Waals surface area contributed by atoms with Gasteiger partial charge in [0.2, 0.25) is 0 Å². The lowest BCUT2D eigenvalue weighted by molar-refractivity contribution is -0.132. The SMILES string of the molecule is CC(C)=CC(=O)C[C@@H](C)[C@@H]1CC[C@]2(C)C3=CC[C@H]4C(C)(C)[C@@H](O)CC[C@]4(C)[C@H]3CC[C@@]12C. The van der Waals surface area contributed by atoms with Gasteiger partial charge in [0, 0.05) is 6.42 Å². The fourth-order valence-electron chi connectivity index (χ4n) is 9.49. The van der Waals surface area contributed by atoms with Gasteiger partial charge >= 0.3 is 0 Å². The zero-order valence-electron chi connectivity index (χ0n) is 22.1. The molecule has 32 heavy (non-hydrogen) atoms. The maximum absolute atomic E-state index is 12.6. The maximum atomic E-state index is 12.6. The van der Waals surface area contributed by atoms with E-state index in [0.717, 1.165) is 24.8 Å². The average molecular weight is 441 g/mol. The van der Waals surface area contributed by atoms with Crippen LogP contribution in [0.25, 0.3) is 0 Å². The summed E-state index contributed by atoms with van der Waals surface area (Å²) >= 11 is 0. The van der Waals surface area contributed by atoms with Crippen molar-refractivity contribution in [2.45, 2.75) is 113 Å². The van der Waals surface area contributed by atoms with Crippen LogP contribution in [0.3, 0.4) is 0 Å². The third-order valence-electron chi connectivity index (χ3n) is 11.5. The lowest BCUT2D eigenvalue weighted by Gasteiger charge is -2.64. The quantitative estimate of drug-likeness (QED) is 0.363. The molecule has 0 saturated heterocycles.